The molecule has 0 radical (unpaired) electrons. The third-order valence-corrected chi connectivity index (χ3v) is 5.18. The number of aromatic nitrogens is 2. The van der Waals surface area contributed by atoms with Crippen LogP contribution in [-0.2, 0) is 26.0 Å². The van der Waals surface area contributed by atoms with Crippen LogP contribution in [0.2, 0.25) is 0 Å². The Kier molecular flexibility index (Phi) is 7.19. The zero-order valence-electron chi connectivity index (χ0n) is 15.8. The molecule has 0 saturated heterocycles. The van der Waals surface area contributed by atoms with Crippen LogP contribution in [0.5, 0.6) is 11.5 Å². The molecule has 0 fully saturated rings. The fourth-order valence-corrected chi connectivity index (χ4v) is 3.44. The average Bonchev–Trinajstić information content (AvgIpc) is 3.18. The van der Waals surface area contributed by atoms with Crippen molar-refractivity contribution < 1.29 is 9.47 Å². The Bertz CT molecular complexity index is 836. The third kappa shape index (κ3) is 5.77. The van der Waals surface area contributed by atoms with Crippen molar-refractivity contribution in [3.05, 3.63) is 69.9 Å². The van der Waals surface area contributed by atoms with Crippen molar-refractivity contribution >= 4 is 11.3 Å². The fraction of sp³-hybridized carbons (Fsp3) is 0.333. The summed E-state index contributed by atoms with van der Waals surface area (Å²) in [7, 11) is 1.66. The normalized spacial score (nSPS) is 10.7. The van der Waals surface area contributed by atoms with E-state index < -0.39 is 0 Å². The van der Waals surface area contributed by atoms with Gasteiger partial charge >= 0.3 is 0 Å². The van der Waals surface area contributed by atoms with Crippen molar-refractivity contribution in [3.8, 4) is 11.5 Å². The van der Waals surface area contributed by atoms with Crippen LogP contribution >= 0.6 is 11.3 Å². The van der Waals surface area contributed by atoms with Crippen molar-refractivity contribution in [2.75, 3.05) is 13.7 Å². The van der Waals surface area contributed by atoms with E-state index in [1.165, 1.54) is 10.7 Å². The second-order valence-corrected chi connectivity index (χ2v) is 7.09. The molecule has 0 unspecified atom stereocenters. The van der Waals surface area contributed by atoms with Gasteiger partial charge in [-0.25, -0.2) is 4.98 Å². The highest BCUT2D eigenvalue weighted by Gasteiger charge is 2.07. The molecule has 0 bridgehead atoms. The molecule has 0 spiro atoms. The van der Waals surface area contributed by atoms with Gasteiger partial charge in [-0.1, -0.05) is 19.1 Å². The standard InChI is InChI=1S/C21H25N3O2S/c1-3-21-24-18(15-27-21)8-10-23-12-16-6-7-19(25-2)20(11-16)26-14-17-5-4-9-22-13-17/h4-7,9,11,13,15,23H,3,8,10,12,14H2,1-2H3. The van der Waals surface area contributed by atoms with E-state index in [0.717, 1.165) is 48.6 Å². The van der Waals surface area contributed by atoms with E-state index >= 15 is 0 Å². The summed E-state index contributed by atoms with van der Waals surface area (Å²) in [5.41, 5.74) is 3.35. The number of rotatable bonds is 10. The first-order valence-electron chi connectivity index (χ1n) is 9.11. The number of nitrogens with zero attached hydrogens (tertiary/aromatic N) is 2. The van der Waals surface area contributed by atoms with Gasteiger partial charge in [-0.15, -0.1) is 11.3 Å². The molecule has 27 heavy (non-hydrogen) atoms. The van der Waals surface area contributed by atoms with Crippen LogP contribution in [0.3, 0.4) is 0 Å². The Morgan fingerprint density at radius 2 is 2.07 bits per heavy atom. The number of aryl methyl sites for hydroxylation is 1. The van der Waals surface area contributed by atoms with Gasteiger partial charge in [-0.05, 0) is 30.2 Å². The molecule has 1 N–H and O–H groups in total. The van der Waals surface area contributed by atoms with Crippen molar-refractivity contribution in [1.29, 1.82) is 0 Å². The molecule has 0 aliphatic heterocycles. The van der Waals surface area contributed by atoms with Crippen LogP contribution in [0.1, 0.15) is 28.8 Å². The predicted octanol–water partition coefficient (Wildman–Crippen LogP) is 4.02. The first-order chi connectivity index (χ1) is 13.3. The minimum absolute atomic E-state index is 0.463. The second kappa shape index (κ2) is 10.0. The van der Waals surface area contributed by atoms with Gasteiger partial charge in [0.25, 0.3) is 0 Å². The Labute approximate surface area is 164 Å². The smallest absolute Gasteiger partial charge is 0.161 e. The zero-order chi connectivity index (χ0) is 18.9. The molecule has 3 rings (SSSR count). The number of nitrogens with one attached hydrogen (secondary N) is 1. The molecule has 6 heteroatoms. The summed E-state index contributed by atoms with van der Waals surface area (Å²) in [6.45, 7) is 4.27. The van der Waals surface area contributed by atoms with E-state index in [1.807, 2.05) is 24.3 Å². The summed E-state index contributed by atoms with van der Waals surface area (Å²) in [5.74, 6) is 1.48. The van der Waals surface area contributed by atoms with Crippen LogP contribution in [0.15, 0.2) is 48.1 Å². The first kappa shape index (κ1) is 19.3. The highest BCUT2D eigenvalue weighted by atomic mass is 32.1. The Morgan fingerprint density at radius 3 is 2.81 bits per heavy atom. The lowest BCUT2D eigenvalue weighted by Crippen LogP contribution is -2.17. The number of methoxy groups -OCH3 is 1. The summed E-state index contributed by atoms with van der Waals surface area (Å²) in [6.07, 6.45) is 5.51. The number of pyridine rings is 1. The monoisotopic (exact) mass is 383 g/mol. The van der Waals surface area contributed by atoms with Crippen molar-refractivity contribution in [2.45, 2.75) is 32.9 Å². The van der Waals surface area contributed by atoms with Crippen LogP contribution in [0.4, 0.5) is 0 Å². The van der Waals surface area contributed by atoms with Crippen molar-refractivity contribution in [1.82, 2.24) is 15.3 Å². The molecule has 0 saturated carbocycles. The maximum absolute atomic E-state index is 5.94. The molecule has 0 aliphatic carbocycles. The topological polar surface area (TPSA) is 56.3 Å². The SMILES string of the molecule is CCc1nc(CCNCc2ccc(OC)c(OCc3cccnc3)c2)cs1. The summed E-state index contributed by atoms with van der Waals surface area (Å²) >= 11 is 1.74. The van der Waals surface area contributed by atoms with Crippen molar-refractivity contribution in [2.24, 2.45) is 0 Å². The lowest BCUT2D eigenvalue weighted by atomic mass is 10.2. The van der Waals surface area contributed by atoms with Gasteiger partial charge in [0, 0.05) is 42.8 Å². The van der Waals surface area contributed by atoms with Gasteiger partial charge < -0.3 is 14.8 Å². The minimum atomic E-state index is 0.463. The lowest BCUT2D eigenvalue weighted by molar-refractivity contribution is 0.284. The molecular weight excluding hydrogens is 358 g/mol. The number of ether oxygens (including phenoxy) is 2. The number of thiazole rings is 1. The number of hydrogen-bond donors (Lipinski definition) is 1. The largest absolute Gasteiger partial charge is 0.493 e. The molecule has 0 aliphatic rings. The molecule has 5 nitrogen and oxygen atoms in total. The summed E-state index contributed by atoms with van der Waals surface area (Å²) < 4.78 is 11.4. The maximum atomic E-state index is 5.94. The van der Waals surface area contributed by atoms with E-state index in [0.29, 0.717) is 6.61 Å². The molecular formula is C21H25N3O2S. The van der Waals surface area contributed by atoms with E-state index in [2.05, 4.69) is 33.7 Å². The lowest BCUT2D eigenvalue weighted by Gasteiger charge is -2.13. The van der Waals surface area contributed by atoms with E-state index in [-0.39, 0.29) is 0 Å². The van der Waals surface area contributed by atoms with Crippen LogP contribution in [0.25, 0.3) is 0 Å². The summed E-state index contributed by atoms with van der Waals surface area (Å²) in [6, 6.07) is 9.93. The molecule has 0 atom stereocenters. The first-order valence-corrected chi connectivity index (χ1v) is 9.99. The number of benzene rings is 1. The van der Waals surface area contributed by atoms with Crippen LogP contribution < -0.4 is 14.8 Å². The molecule has 2 heterocycles. The highest BCUT2D eigenvalue weighted by Crippen LogP contribution is 2.28. The fourth-order valence-electron chi connectivity index (χ4n) is 2.66. The Hall–Kier alpha value is -2.44. The molecule has 3 aromatic rings. The van der Waals surface area contributed by atoms with E-state index in [9.17, 15) is 0 Å². The van der Waals surface area contributed by atoms with Crippen molar-refractivity contribution in [3.63, 3.8) is 0 Å². The van der Waals surface area contributed by atoms with Gasteiger partial charge in [0.2, 0.25) is 0 Å². The average molecular weight is 384 g/mol. The summed E-state index contributed by atoms with van der Waals surface area (Å²) in [4.78, 5) is 8.71. The van der Waals surface area contributed by atoms with Gasteiger partial charge in [-0.3, -0.25) is 4.98 Å². The molecule has 2 aromatic heterocycles. The van der Waals surface area contributed by atoms with Gasteiger partial charge in [0.1, 0.15) is 6.61 Å². The van der Waals surface area contributed by atoms with E-state index in [4.69, 9.17) is 9.47 Å². The summed E-state index contributed by atoms with van der Waals surface area (Å²) in [5, 5.41) is 6.83. The van der Waals surface area contributed by atoms with Crippen LogP contribution in [0, 0.1) is 0 Å². The Morgan fingerprint density at radius 1 is 1.15 bits per heavy atom. The quantitative estimate of drug-likeness (QED) is 0.536. The predicted molar refractivity (Wildman–Crippen MR) is 108 cm³/mol. The molecule has 142 valence electrons. The van der Waals surface area contributed by atoms with Crippen LogP contribution in [-0.4, -0.2) is 23.6 Å². The second-order valence-electron chi connectivity index (χ2n) is 6.15. The third-order valence-electron chi connectivity index (χ3n) is 4.13. The van der Waals surface area contributed by atoms with Gasteiger partial charge in [0.05, 0.1) is 17.8 Å². The molecule has 0 amide bonds. The number of hydrogen-bond acceptors (Lipinski definition) is 6. The van der Waals surface area contributed by atoms with Gasteiger partial charge in [-0.2, -0.15) is 0 Å². The maximum Gasteiger partial charge on any atom is 0.161 e. The zero-order valence-corrected chi connectivity index (χ0v) is 16.6. The minimum Gasteiger partial charge on any atom is -0.493 e. The molecule has 1 aromatic carbocycles. The van der Waals surface area contributed by atoms with Gasteiger partial charge in [0.15, 0.2) is 11.5 Å². The Balaban J connectivity index is 1.52. The van der Waals surface area contributed by atoms with E-state index in [1.54, 1.807) is 30.8 Å². The highest BCUT2D eigenvalue weighted by molar-refractivity contribution is 7.09.